The standard InChI is InChI=1S/C28H17Cl2F3N2O3/c29-16-8-9-19(20(30)13-16)25(36)24-22-21(23-18-7-2-1-4-14(18)10-11-34(23)24)26(37)35(27(22)38)17-6-3-5-15(12-17)28(31,32)33/h1-13,21-24H/t21-,22-,23-,24+/m0/s1. The summed E-state index contributed by atoms with van der Waals surface area (Å²) in [6.45, 7) is 0. The predicted molar refractivity (Wildman–Crippen MR) is 136 cm³/mol. The molecular formula is C28H17Cl2F3N2O3. The van der Waals surface area contributed by atoms with E-state index in [1.165, 1.54) is 24.3 Å². The Hall–Kier alpha value is -3.62. The van der Waals surface area contributed by atoms with Gasteiger partial charge in [-0.25, -0.2) is 4.90 Å². The van der Waals surface area contributed by atoms with Crippen LogP contribution in [0.4, 0.5) is 18.9 Å². The Morgan fingerprint density at radius 2 is 1.61 bits per heavy atom. The zero-order valence-electron chi connectivity index (χ0n) is 19.3. The highest BCUT2D eigenvalue weighted by molar-refractivity contribution is 6.37. The summed E-state index contributed by atoms with van der Waals surface area (Å²) in [5.74, 6) is -4.01. The lowest BCUT2D eigenvalue weighted by atomic mass is 9.83. The average molecular weight is 557 g/mol. The van der Waals surface area contributed by atoms with Crippen molar-refractivity contribution < 1.29 is 27.6 Å². The van der Waals surface area contributed by atoms with Gasteiger partial charge in [-0.1, -0.05) is 53.5 Å². The average Bonchev–Trinajstić information content (AvgIpc) is 3.35. The maximum absolute atomic E-state index is 13.9. The first-order valence-corrected chi connectivity index (χ1v) is 12.4. The monoisotopic (exact) mass is 556 g/mol. The van der Waals surface area contributed by atoms with Crippen molar-refractivity contribution in [3.05, 3.63) is 105 Å². The molecule has 4 atom stereocenters. The fourth-order valence-electron chi connectivity index (χ4n) is 5.78. The van der Waals surface area contributed by atoms with Gasteiger partial charge in [0.15, 0.2) is 5.78 Å². The van der Waals surface area contributed by atoms with E-state index in [1.807, 2.05) is 18.2 Å². The van der Waals surface area contributed by atoms with E-state index in [1.54, 1.807) is 23.2 Å². The molecule has 0 radical (unpaired) electrons. The Kier molecular flexibility index (Phi) is 5.66. The number of fused-ring (bicyclic) bond motifs is 5. The lowest BCUT2D eigenvalue weighted by Gasteiger charge is -2.35. The molecule has 3 aromatic carbocycles. The molecule has 10 heteroatoms. The van der Waals surface area contributed by atoms with Crippen LogP contribution >= 0.6 is 23.2 Å². The Bertz CT molecular complexity index is 1550. The molecule has 6 rings (SSSR count). The number of Topliss-reactive ketones (excluding diaryl/α,β-unsaturated/α-hetero) is 1. The quantitative estimate of drug-likeness (QED) is 0.276. The minimum absolute atomic E-state index is 0.0930. The van der Waals surface area contributed by atoms with E-state index < -0.39 is 53.3 Å². The van der Waals surface area contributed by atoms with Crippen LogP contribution in [0.5, 0.6) is 0 Å². The predicted octanol–water partition coefficient (Wildman–Crippen LogP) is 6.41. The molecule has 192 valence electrons. The molecule has 0 aliphatic carbocycles. The van der Waals surface area contributed by atoms with Crippen LogP contribution in [0.1, 0.15) is 33.1 Å². The second-order valence-corrected chi connectivity index (χ2v) is 10.2. The zero-order chi connectivity index (χ0) is 26.9. The molecule has 2 saturated heterocycles. The van der Waals surface area contributed by atoms with Crippen molar-refractivity contribution in [3.63, 3.8) is 0 Å². The molecule has 0 saturated carbocycles. The molecule has 3 heterocycles. The number of halogens is 5. The smallest absolute Gasteiger partial charge is 0.358 e. The van der Waals surface area contributed by atoms with E-state index in [0.717, 1.165) is 34.2 Å². The number of carbonyl (C=O) groups is 3. The van der Waals surface area contributed by atoms with Crippen molar-refractivity contribution in [1.82, 2.24) is 4.90 Å². The van der Waals surface area contributed by atoms with Gasteiger partial charge in [-0.3, -0.25) is 14.4 Å². The summed E-state index contributed by atoms with van der Waals surface area (Å²) in [5.41, 5.74) is 0.523. The van der Waals surface area contributed by atoms with Crippen LogP contribution in [-0.2, 0) is 15.8 Å². The second kappa shape index (κ2) is 8.71. The van der Waals surface area contributed by atoms with Crippen LogP contribution in [0, 0.1) is 11.8 Å². The Labute approximate surface area is 225 Å². The minimum atomic E-state index is -4.66. The SMILES string of the molecule is O=C(c1ccc(Cl)cc1Cl)[C@H]1[C@H]2C(=O)N(c3cccc(C(F)(F)F)c3)C(=O)[C@@H]2[C@@H]2c3ccccc3C=CN12. The number of nitrogens with zero attached hydrogens (tertiary/aromatic N) is 2. The molecule has 3 aliphatic rings. The number of alkyl halides is 3. The summed E-state index contributed by atoms with van der Waals surface area (Å²) in [7, 11) is 0. The summed E-state index contributed by atoms with van der Waals surface area (Å²) in [6, 6.07) is 14.0. The number of hydrogen-bond donors (Lipinski definition) is 0. The maximum atomic E-state index is 13.9. The third-order valence-corrected chi connectivity index (χ3v) is 7.91. The number of carbonyl (C=O) groups excluding carboxylic acids is 3. The van der Waals surface area contributed by atoms with Gasteiger partial charge in [-0.2, -0.15) is 13.2 Å². The highest BCUT2D eigenvalue weighted by atomic mass is 35.5. The number of benzene rings is 3. The fraction of sp³-hybridized carbons (Fsp3) is 0.179. The molecular weight excluding hydrogens is 540 g/mol. The first-order valence-electron chi connectivity index (χ1n) is 11.7. The molecule has 0 unspecified atom stereocenters. The summed E-state index contributed by atoms with van der Waals surface area (Å²) >= 11 is 12.3. The van der Waals surface area contributed by atoms with Gasteiger partial charge in [0.05, 0.1) is 34.2 Å². The molecule has 5 nitrogen and oxygen atoms in total. The summed E-state index contributed by atoms with van der Waals surface area (Å²) in [5, 5.41) is 0.416. The summed E-state index contributed by atoms with van der Waals surface area (Å²) < 4.78 is 40.3. The van der Waals surface area contributed by atoms with E-state index in [0.29, 0.717) is 5.02 Å². The van der Waals surface area contributed by atoms with Crippen LogP contribution in [0.3, 0.4) is 0 Å². The van der Waals surface area contributed by atoms with Gasteiger partial charge in [0, 0.05) is 16.8 Å². The van der Waals surface area contributed by atoms with E-state index >= 15 is 0 Å². The topological polar surface area (TPSA) is 57.7 Å². The number of amides is 2. The lowest BCUT2D eigenvalue weighted by Crippen LogP contribution is -2.44. The summed E-state index contributed by atoms with van der Waals surface area (Å²) in [6.07, 6.45) is -1.17. The van der Waals surface area contributed by atoms with Gasteiger partial charge in [0.1, 0.15) is 6.04 Å². The normalized spacial score (nSPS) is 23.9. The highest BCUT2D eigenvalue weighted by Gasteiger charge is 2.64. The maximum Gasteiger partial charge on any atom is 0.416 e. The van der Waals surface area contributed by atoms with Crippen LogP contribution in [-0.4, -0.2) is 28.5 Å². The van der Waals surface area contributed by atoms with Crippen LogP contribution in [0.15, 0.2) is 72.9 Å². The van der Waals surface area contributed by atoms with Crippen molar-refractivity contribution in [1.29, 1.82) is 0 Å². The molecule has 0 bridgehead atoms. The van der Waals surface area contributed by atoms with Crippen molar-refractivity contribution in [3.8, 4) is 0 Å². The molecule has 0 spiro atoms. The third kappa shape index (κ3) is 3.66. The van der Waals surface area contributed by atoms with Crippen LogP contribution < -0.4 is 4.90 Å². The van der Waals surface area contributed by atoms with E-state index in [4.69, 9.17) is 23.2 Å². The van der Waals surface area contributed by atoms with Crippen LogP contribution in [0.25, 0.3) is 6.08 Å². The van der Waals surface area contributed by atoms with E-state index in [2.05, 4.69) is 0 Å². The Balaban J connectivity index is 1.49. The molecule has 0 N–H and O–H groups in total. The van der Waals surface area contributed by atoms with Crippen molar-refractivity contribution in [2.75, 3.05) is 4.90 Å². The van der Waals surface area contributed by atoms with Crippen molar-refractivity contribution in [2.24, 2.45) is 11.8 Å². The van der Waals surface area contributed by atoms with Gasteiger partial charge in [0.2, 0.25) is 11.8 Å². The number of rotatable bonds is 3. The van der Waals surface area contributed by atoms with Gasteiger partial charge in [-0.15, -0.1) is 0 Å². The van der Waals surface area contributed by atoms with Crippen molar-refractivity contribution in [2.45, 2.75) is 18.3 Å². The molecule has 0 aromatic heterocycles. The largest absolute Gasteiger partial charge is 0.416 e. The van der Waals surface area contributed by atoms with Gasteiger partial charge >= 0.3 is 6.18 Å². The Morgan fingerprint density at radius 3 is 2.34 bits per heavy atom. The first kappa shape index (κ1) is 24.7. The lowest BCUT2D eigenvalue weighted by molar-refractivity contribution is -0.137. The number of hydrogen-bond acceptors (Lipinski definition) is 4. The zero-order valence-corrected chi connectivity index (χ0v) is 20.8. The fourth-order valence-corrected chi connectivity index (χ4v) is 6.28. The Morgan fingerprint density at radius 1 is 0.868 bits per heavy atom. The number of imide groups is 1. The number of ketones is 1. The molecule has 38 heavy (non-hydrogen) atoms. The molecule has 3 aromatic rings. The minimum Gasteiger partial charge on any atom is -0.358 e. The van der Waals surface area contributed by atoms with Crippen LogP contribution in [0.2, 0.25) is 10.0 Å². The molecule has 3 aliphatic heterocycles. The van der Waals surface area contributed by atoms with E-state index in [-0.39, 0.29) is 16.3 Å². The van der Waals surface area contributed by atoms with Gasteiger partial charge in [0.25, 0.3) is 0 Å². The van der Waals surface area contributed by atoms with Gasteiger partial charge in [-0.05, 0) is 53.6 Å². The molecule has 2 amide bonds. The van der Waals surface area contributed by atoms with E-state index in [9.17, 15) is 27.6 Å². The number of anilines is 1. The highest BCUT2D eigenvalue weighted by Crippen LogP contribution is 2.54. The van der Waals surface area contributed by atoms with Gasteiger partial charge < -0.3 is 4.90 Å². The third-order valence-electron chi connectivity index (χ3n) is 7.36. The molecule has 2 fully saturated rings. The summed E-state index contributed by atoms with van der Waals surface area (Å²) in [4.78, 5) is 44.1. The van der Waals surface area contributed by atoms with Crippen molar-refractivity contribution >= 4 is 52.6 Å². The first-order chi connectivity index (χ1) is 18.1. The second-order valence-electron chi connectivity index (χ2n) is 9.38.